The Hall–Kier alpha value is -0.590. The Labute approximate surface area is 61.1 Å². The molecule has 1 nitrogen and oxygen atoms in total. The van der Waals surface area contributed by atoms with E-state index in [0.29, 0.717) is 17.6 Å². The second-order valence-electron chi connectivity index (χ2n) is 3.50. The highest BCUT2D eigenvalue weighted by Crippen LogP contribution is 2.47. The van der Waals surface area contributed by atoms with Crippen molar-refractivity contribution < 1.29 is 4.79 Å². The van der Waals surface area contributed by atoms with E-state index in [-0.39, 0.29) is 0 Å². The van der Waals surface area contributed by atoms with Crippen LogP contribution in [0.4, 0.5) is 0 Å². The van der Waals surface area contributed by atoms with Gasteiger partial charge in [0, 0.05) is 12.3 Å². The van der Waals surface area contributed by atoms with Crippen LogP contribution in [0.15, 0.2) is 12.7 Å². The van der Waals surface area contributed by atoms with Crippen molar-refractivity contribution in [2.24, 2.45) is 17.8 Å². The van der Waals surface area contributed by atoms with E-state index in [1.165, 1.54) is 6.42 Å². The summed E-state index contributed by atoms with van der Waals surface area (Å²) in [7, 11) is 0. The van der Waals surface area contributed by atoms with Crippen LogP contribution in [0.2, 0.25) is 0 Å². The third-order valence-electron chi connectivity index (χ3n) is 2.94. The van der Waals surface area contributed by atoms with Crippen molar-refractivity contribution >= 4 is 5.78 Å². The van der Waals surface area contributed by atoms with Gasteiger partial charge in [0.15, 0.2) is 0 Å². The Kier molecular flexibility index (Phi) is 1.19. The normalized spacial score (nSPS) is 44.4. The summed E-state index contributed by atoms with van der Waals surface area (Å²) in [5.41, 5.74) is 0. The lowest BCUT2D eigenvalue weighted by Crippen LogP contribution is -2.32. The van der Waals surface area contributed by atoms with Crippen LogP contribution in [0.5, 0.6) is 0 Å². The van der Waals surface area contributed by atoms with Crippen LogP contribution in [0.25, 0.3) is 0 Å². The van der Waals surface area contributed by atoms with Crippen molar-refractivity contribution in [2.75, 3.05) is 0 Å². The first-order chi connectivity index (χ1) is 4.81. The predicted octanol–water partition coefficient (Wildman–Crippen LogP) is 1.79. The Bertz CT molecular complexity index is 183. The van der Waals surface area contributed by atoms with Crippen LogP contribution < -0.4 is 0 Å². The van der Waals surface area contributed by atoms with Crippen LogP contribution in [-0.2, 0) is 4.79 Å². The van der Waals surface area contributed by atoms with E-state index in [9.17, 15) is 4.79 Å². The molecule has 0 aromatic heterocycles. The molecule has 0 amide bonds. The number of allylic oxidation sites excluding steroid dienone is 1. The summed E-state index contributed by atoms with van der Waals surface area (Å²) >= 11 is 0. The van der Waals surface area contributed by atoms with Gasteiger partial charge in [-0.25, -0.2) is 0 Å². The number of ketones is 1. The molecule has 0 aromatic carbocycles. The van der Waals surface area contributed by atoms with Crippen molar-refractivity contribution in [2.45, 2.75) is 19.3 Å². The van der Waals surface area contributed by atoms with E-state index in [2.05, 4.69) is 6.58 Å². The number of hydrogen-bond donors (Lipinski definition) is 0. The fourth-order valence-corrected chi connectivity index (χ4v) is 2.23. The van der Waals surface area contributed by atoms with Crippen molar-refractivity contribution in [1.82, 2.24) is 0 Å². The van der Waals surface area contributed by atoms with Crippen LogP contribution in [0, 0.1) is 17.8 Å². The van der Waals surface area contributed by atoms with Gasteiger partial charge in [-0.3, -0.25) is 4.79 Å². The topological polar surface area (TPSA) is 17.1 Å². The van der Waals surface area contributed by atoms with Crippen molar-refractivity contribution in [3.63, 3.8) is 0 Å². The second kappa shape index (κ2) is 1.94. The van der Waals surface area contributed by atoms with Crippen LogP contribution in [0.1, 0.15) is 19.3 Å². The molecule has 0 bridgehead atoms. The number of rotatable bonds is 1. The molecule has 2 aliphatic carbocycles. The predicted molar refractivity (Wildman–Crippen MR) is 39.5 cm³/mol. The SMILES string of the molecule is C=C[C@@H]1C[C@@H]2CC(=O)[C@@H]2C1. The third kappa shape index (κ3) is 0.664. The lowest BCUT2D eigenvalue weighted by Gasteiger charge is -2.27. The maximum absolute atomic E-state index is 10.9. The fraction of sp³-hybridized carbons (Fsp3) is 0.667. The van der Waals surface area contributed by atoms with E-state index < -0.39 is 0 Å². The first-order valence-electron chi connectivity index (χ1n) is 3.96. The molecular weight excluding hydrogens is 124 g/mol. The lowest BCUT2D eigenvalue weighted by atomic mass is 9.75. The van der Waals surface area contributed by atoms with E-state index in [1.54, 1.807) is 0 Å². The lowest BCUT2D eigenvalue weighted by molar-refractivity contribution is -0.132. The smallest absolute Gasteiger partial charge is 0.136 e. The molecule has 0 spiro atoms. The first kappa shape index (κ1) is 6.14. The summed E-state index contributed by atoms with van der Waals surface area (Å²) in [6.45, 7) is 3.75. The average molecular weight is 136 g/mol. The molecule has 3 atom stereocenters. The van der Waals surface area contributed by atoms with Gasteiger partial charge < -0.3 is 0 Å². The highest BCUT2D eigenvalue weighted by atomic mass is 16.1. The molecule has 2 fully saturated rings. The van der Waals surface area contributed by atoms with Crippen LogP contribution in [-0.4, -0.2) is 5.78 Å². The van der Waals surface area contributed by atoms with Gasteiger partial charge in [-0.1, -0.05) is 6.08 Å². The molecule has 2 rings (SSSR count). The quantitative estimate of drug-likeness (QED) is 0.502. The summed E-state index contributed by atoms with van der Waals surface area (Å²) in [4.78, 5) is 10.9. The van der Waals surface area contributed by atoms with Gasteiger partial charge in [-0.15, -0.1) is 6.58 Å². The minimum absolute atomic E-state index is 0.433. The van der Waals surface area contributed by atoms with Crippen molar-refractivity contribution in [3.8, 4) is 0 Å². The molecule has 54 valence electrons. The molecule has 0 N–H and O–H groups in total. The minimum Gasteiger partial charge on any atom is -0.299 e. The van der Waals surface area contributed by atoms with E-state index >= 15 is 0 Å². The molecule has 0 unspecified atom stereocenters. The van der Waals surface area contributed by atoms with Gasteiger partial charge in [-0.2, -0.15) is 0 Å². The Morgan fingerprint density at radius 2 is 2.30 bits per heavy atom. The molecule has 0 saturated heterocycles. The Morgan fingerprint density at radius 3 is 2.80 bits per heavy atom. The molecule has 0 heterocycles. The fourth-order valence-electron chi connectivity index (χ4n) is 2.23. The third-order valence-corrected chi connectivity index (χ3v) is 2.94. The summed E-state index contributed by atoms with van der Waals surface area (Å²) < 4.78 is 0. The number of carbonyl (C=O) groups excluding carboxylic acids is 1. The molecule has 1 heteroatoms. The van der Waals surface area contributed by atoms with E-state index in [4.69, 9.17) is 0 Å². The number of carbonyl (C=O) groups is 1. The molecule has 0 aliphatic heterocycles. The molecule has 10 heavy (non-hydrogen) atoms. The number of hydrogen-bond acceptors (Lipinski definition) is 1. The minimum atomic E-state index is 0.433. The standard InChI is InChI=1S/C9H12O/c1-2-6-3-7-5-9(10)8(7)4-6/h2,6-8H,1,3-5H2/t6-,7-,8-/m1/s1. The van der Waals surface area contributed by atoms with Crippen molar-refractivity contribution in [1.29, 1.82) is 0 Å². The maximum atomic E-state index is 10.9. The van der Waals surface area contributed by atoms with Gasteiger partial charge in [0.05, 0.1) is 0 Å². The number of fused-ring (bicyclic) bond motifs is 1. The highest BCUT2D eigenvalue weighted by molar-refractivity contribution is 5.87. The maximum Gasteiger partial charge on any atom is 0.136 e. The van der Waals surface area contributed by atoms with E-state index in [1.807, 2.05) is 6.08 Å². The summed E-state index contributed by atoms with van der Waals surface area (Å²) in [6, 6.07) is 0. The van der Waals surface area contributed by atoms with Crippen LogP contribution in [0.3, 0.4) is 0 Å². The largest absolute Gasteiger partial charge is 0.299 e. The van der Waals surface area contributed by atoms with Gasteiger partial charge >= 0.3 is 0 Å². The average Bonchev–Trinajstić information content (AvgIpc) is 2.26. The van der Waals surface area contributed by atoms with Gasteiger partial charge in [-0.05, 0) is 24.7 Å². The van der Waals surface area contributed by atoms with E-state index in [0.717, 1.165) is 18.8 Å². The molecule has 0 aromatic rings. The number of Topliss-reactive ketones (excluding diaryl/α,β-unsaturated/α-hetero) is 1. The summed E-state index contributed by atoms with van der Waals surface area (Å²) in [6.07, 6.45) is 5.17. The van der Waals surface area contributed by atoms with Crippen molar-refractivity contribution in [3.05, 3.63) is 12.7 Å². The zero-order valence-electron chi connectivity index (χ0n) is 6.05. The van der Waals surface area contributed by atoms with Gasteiger partial charge in [0.25, 0.3) is 0 Å². The molecule has 2 saturated carbocycles. The second-order valence-corrected chi connectivity index (χ2v) is 3.50. The Balaban J connectivity index is 2.05. The summed E-state index contributed by atoms with van der Waals surface area (Å²) in [5, 5.41) is 0. The molecule has 2 aliphatic rings. The molecular formula is C9H12O. The zero-order chi connectivity index (χ0) is 7.14. The Morgan fingerprint density at radius 1 is 1.50 bits per heavy atom. The highest BCUT2D eigenvalue weighted by Gasteiger charge is 2.45. The van der Waals surface area contributed by atoms with Gasteiger partial charge in [0.1, 0.15) is 5.78 Å². The monoisotopic (exact) mass is 136 g/mol. The summed E-state index contributed by atoms with van der Waals surface area (Å²) in [5.74, 6) is 2.30. The molecule has 0 radical (unpaired) electrons. The van der Waals surface area contributed by atoms with Crippen LogP contribution >= 0.6 is 0 Å². The first-order valence-corrected chi connectivity index (χ1v) is 3.96. The zero-order valence-corrected chi connectivity index (χ0v) is 6.05. The van der Waals surface area contributed by atoms with Gasteiger partial charge in [0.2, 0.25) is 0 Å².